The monoisotopic (exact) mass is 344 g/mol. The van der Waals surface area contributed by atoms with Crippen molar-refractivity contribution in [2.24, 2.45) is 0 Å². The van der Waals surface area contributed by atoms with Crippen molar-refractivity contribution in [3.05, 3.63) is 28.2 Å². The quantitative estimate of drug-likeness (QED) is 0.610. The van der Waals surface area contributed by atoms with Gasteiger partial charge in [-0.15, -0.1) is 0 Å². The van der Waals surface area contributed by atoms with Crippen LogP contribution in [0, 0.1) is 0 Å². The van der Waals surface area contributed by atoms with Crippen molar-refractivity contribution in [3.63, 3.8) is 0 Å². The number of esters is 1. The van der Waals surface area contributed by atoms with E-state index in [0.717, 1.165) is 0 Å². The Kier molecular flexibility index (Phi) is 6.47. The molecule has 0 unspecified atom stereocenters. The summed E-state index contributed by atoms with van der Waals surface area (Å²) in [7, 11) is 2.78. The van der Waals surface area contributed by atoms with Crippen LogP contribution in [0.4, 0.5) is 5.69 Å². The summed E-state index contributed by atoms with van der Waals surface area (Å²) in [5, 5.41) is 0. The molecular weight excluding hydrogens is 328 g/mol. The van der Waals surface area contributed by atoms with E-state index < -0.39 is 12.1 Å². The maximum absolute atomic E-state index is 11.8. The summed E-state index contributed by atoms with van der Waals surface area (Å²) in [4.78, 5) is 23.2. The lowest BCUT2D eigenvalue weighted by Gasteiger charge is -2.15. The van der Waals surface area contributed by atoms with E-state index >= 15 is 0 Å². The second-order valence-corrected chi connectivity index (χ2v) is 4.79. The molecule has 110 valence electrons. The van der Waals surface area contributed by atoms with Gasteiger partial charge in [-0.25, -0.2) is 4.79 Å². The van der Waals surface area contributed by atoms with Crippen molar-refractivity contribution in [2.45, 2.75) is 19.4 Å². The number of ether oxygens (including phenoxy) is 2. The van der Waals surface area contributed by atoms with Gasteiger partial charge in [-0.3, -0.25) is 15.6 Å². The summed E-state index contributed by atoms with van der Waals surface area (Å²) in [5.41, 5.74) is 6.21. The number of hydrazine groups is 1. The van der Waals surface area contributed by atoms with Gasteiger partial charge in [-0.2, -0.15) is 0 Å². The predicted octanol–water partition coefficient (Wildman–Crippen LogP) is 2.10. The largest absolute Gasteiger partial charge is 0.465 e. The molecule has 0 aliphatic carbocycles. The van der Waals surface area contributed by atoms with Crippen molar-refractivity contribution < 1.29 is 19.1 Å². The highest BCUT2D eigenvalue weighted by atomic mass is 79.9. The zero-order chi connectivity index (χ0) is 15.1. The lowest BCUT2D eigenvalue weighted by Crippen LogP contribution is -2.39. The molecule has 0 spiro atoms. The van der Waals surface area contributed by atoms with Gasteiger partial charge >= 0.3 is 5.97 Å². The summed E-state index contributed by atoms with van der Waals surface area (Å²) in [6.45, 7) is 1.85. The van der Waals surface area contributed by atoms with Crippen molar-refractivity contribution in [3.8, 4) is 0 Å². The Morgan fingerprint density at radius 1 is 1.35 bits per heavy atom. The molecule has 2 N–H and O–H groups in total. The molecule has 7 heteroatoms. The van der Waals surface area contributed by atoms with E-state index in [2.05, 4.69) is 31.5 Å². The van der Waals surface area contributed by atoms with Crippen LogP contribution in [0.5, 0.6) is 0 Å². The lowest BCUT2D eigenvalue weighted by atomic mass is 10.2. The number of benzene rings is 1. The van der Waals surface area contributed by atoms with Crippen molar-refractivity contribution in [1.82, 2.24) is 5.43 Å². The fourth-order valence-corrected chi connectivity index (χ4v) is 1.88. The zero-order valence-corrected chi connectivity index (χ0v) is 13.1. The van der Waals surface area contributed by atoms with Gasteiger partial charge in [-0.05, 0) is 40.5 Å². The van der Waals surface area contributed by atoms with E-state index in [1.54, 1.807) is 18.2 Å². The molecule has 0 aliphatic rings. The van der Waals surface area contributed by atoms with E-state index in [4.69, 9.17) is 4.74 Å². The second-order valence-electron chi connectivity index (χ2n) is 3.93. The minimum Gasteiger partial charge on any atom is -0.465 e. The summed E-state index contributed by atoms with van der Waals surface area (Å²) in [5.74, 6) is -0.736. The molecule has 0 saturated heterocycles. The van der Waals surface area contributed by atoms with E-state index in [0.29, 0.717) is 22.1 Å². The Balaban J connectivity index is 2.77. The zero-order valence-electron chi connectivity index (χ0n) is 11.5. The SMILES string of the molecule is CC[C@@H](OC)C(=O)NNc1cc(C(=O)OC)ccc1Br. The Morgan fingerprint density at radius 3 is 2.60 bits per heavy atom. The van der Waals surface area contributed by atoms with E-state index in [1.807, 2.05) is 6.92 Å². The molecule has 0 saturated carbocycles. The summed E-state index contributed by atoms with van der Waals surface area (Å²) in [6, 6.07) is 4.88. The minimum atomic E-state index is -0.523. The fraction of sp³-hybridized carbons (Fsp3) is 0.385. The van der Waals surface area contributed by atoms with Crippen molar-refractivity contribution in [2.75, 3.05) is 19.6 Å². The smallest absolute Gasteiger partial charge is 0.337 e. The first kappa shape index (κ1) is 16.5. The molecular formula is C13H17BrN2O4. The van der Waals surface area contributed by atoms with Crippen LogP contribution in [0.15, 0.2) is 22.7 Å². The van der Waals surface area contributed by atoms with Gasteiger partial charge in [0.2, 0.25) is 0 Å². The van der Waals surface area contributed by atoms with Crippen LogP contribution < -0.4 is 10.9 Å². The Bertz CT molecular complexity index is 489. The van der Waals surface area contributed by atoms with Gasteiger partial charge in [0.1, 0.15) is 6.10 Å². The van der Waals surface area contributed by atoms with Crippen molar-refractivity contribution >= 4 is 33.5 Å². The standard InChI is InChI=1S/C13H17BrN2O4/c1-4-11(19-2)12(17)16-15-10-7-8(13(18)20-3)5-6-9(10)14/h5-7,11,15H,4H2,1-3H3,(H,16,17)/t11-/m1/s1. The van der Waals surface area contributed by atoms with Gasteiger partial charge in [0.05, 0.1) is 18.4 Å². The molecule has 0 aromatic heterocycles. The van der Waals surface area contributed by atoms with Crippen molar-refractivity contribution in [1.29, 1.82) is 0 Å². The fourth-order valence-electron chi connectivity index (χ4n) is 1.53. The Labute approximate surface area is 125 Å². The third-order valence-corrected chi connectivity index (χ3v) is 3.35. The van der Waals surface area contributed by atoms with E-state index in [-0.39, 0.29) is 5.91 Å². The third-order valence-electron chi connectivity index (χ3n) is 2.66. The maximum atomic E-state index is 11.8. The topological polar surface area (TPSA) is 76.7 Å². The van der Waals surface area contributed by atoms with Gasteiger partial charge in [0, 0.05) is 11.6 Å². The molecule has 0 bridgehead atoms. The number of nitrogens with one attached hydrogen (secondary N) is 2. The van der Waals surface area contributed by atoms with Crippen LogP contribution in [0.25, 0.3) is 0 Å². The molecule has 1 aromatic rings. The number of hydrogen-bond acceptors (Lipinski definition) is 5. The first-order valence-electron chi connectivity index (χ1n) is 6.00. The molecule has 0 aliphatic heterocycles. The number of carbonyl (C=O) groups excluding carboxylic acids is 2. The molecule has 0 heterocycles. The summed E-state index contributed by atoms with van der Waals surface area (Å²) >= 11 is 3.33. The van der Waals surface area contributed by atoms with E-state index in [9.17, 15) is 9.59 Å². The van der Waals surface area contributed by atoms with Gasteiger partial charge < -0.3 is 9.47 Å². The molecule has 6 nitrogen and oxygen atoms in total. The Morgan fingerprint density at radius 2 is 2.05 bits per heavy atom. The van der Waals surface area contributed by atoms with Gasteiger partial charge in [0.25, 0.3) is 5.91 Å². The number of hydrogen-bond donors (Lipinski definition) is 2. The number of methoxy groups -OCH3 is 2. The highest BCUT2D eigenvalue weighted by Crippen LogP contribution is 2.23. The molecule has 1 aromatic carbocycles. The Hall–Kier alpha value is -1.60. The van der Waals surface area contributed by atoms with Crippen LogP contribution in [0.3, 0.4) is 0 Å². The molecule has 0 radical (unpaired) electrons. The number of amides is 1. The first-order valence-corrected chi connectivity index (χ1v) is 6.79. The first-order chi connectivity index (χ1) is 9.53. The van der Waals surface area contributed by atoms with E-state index in [1.165, 1.54) is 14.2 Å². The average Bonchev–Trinajstić information content (AvgIpc) is 2.46. The summed E-state index contributed by atoms with van der Waals surface area (Å²) in [6.07, 6.45) is 0.0398. The molecule has 1 amide bonds. The highest BCUT2D eigenvalue weighted by molar-refractivity contribution is 9.10. The molecule has 20 heavy (non-hydrogen) atoms. The van der Waals surface area contributed by atoms with Crippen LogP contribution in [-0.4, -0.2) is 32.2 Å². The number of anilines is 1. The lowest BCUT2D eigenvalue weighted by molar-refractivity contribution is -0.130. The van der Waals surface area contributed by atoms with Crippen LogP contribution >= 0.6 is 15.9 Å². The number of carbonyl (C=O) groups is 2. The average molecular weight is 345 g/mol. The van der Waals surface area contributed by atoms with Crippen LogP contribution in [0.1, 0.15) is 23.7 Å². The third kappa shape index (κ3) is 4.21. The van der Waals surface area contributed by atoms with Gasteiger partial charge in [-0.1, -0.05) is 6.92 Å². The normalized spacial score (nSPS) is 11.6. The second kappa shape index (κ2) is 7.86. The minimum absolute atomic E-state index is 0.287. The number of rotatable bonds is 6. The van der Waals surface area contributed by atoms with Crippen LogP contribution in [-0.2, 0) is 14.3 Å². The highest BCUT2D eigenvalue weighted by Gasteiger charge is 2.15. The predicted molar refractivity (Wildman–Crippen MR) is 78.3 cm³/mol. The molecule has 1 atom stereocenters. The molecule has 1 rings (SSSR count). The maximum Gasteiger partial charge on any atom is 0.337 e. The summed E-state index contributed by atoms with van der Waals surface area (Å²) < 4.78 is 10.4. The number of halogens is 1. The molecule has 0 fully saturated rings. The van der Waals surface area contributed by atoms with Gasteiger partial charge in [0.15, 0.2) is 0 Å². The van der Waals surface area contributed by atoms with Crippen LogP contribution in [0.2, 0.25) is 0 Å².